The fourth-order valence-corrected chi connectivity index (χ4v) is 5.55. The van der Waals surface area contributed by atoms with E-state index in [4.69, 9.17) is 4.74 Å². The summed E-state index contributed by atoms with van der Waals surface area (Å²) in [6, 6.07) is 15.7. The highest BCUT2D eigenvalue weighted by Gasteiger charge is 2.18. The minimum Gasteiger partial charge on any atom is -0.457 e. The van der Waals surface area contributed by atoms with Gasteiger partial charge in [0, 0.05) is 48.9 Å². The molecule has 0 atom stereocenters. The van der Waals surface area contributed by atoms with Crippen molar-refractivity contribution in [1.29, 1.82) is 0 Å². The van der Waals surface area contributed by atoms with Crippen LogP contribution < -0.4 is 20.3 Å². The fraction of sp³-hybridized carbons (Fsp3) is 0.375. The number of amides is 1. The number of carbonyl (C=O) groups excluding carboxylic acids is 1. The van der Waals surface area contributed by atoms with Crippen LogP contribution in [-0.4, -0.2) is 65.0 Å². The molecule has 2 aromatic heterocycles. The number of aryl methyl sites for hydroxylation is 1. The molecule has 9 nitrogen and oxygen atoms in total. The van der Waals surface area contributed by atoms with Gasteiger partial charge in [-0.05, 0) is 80.9 Å². The summed E-state index contributed by atoms with van der Waals surface area (Å²) in [4.78, 5) is 30.9. The van der Waals surface area contributed by atoms with Gasteiger partial charge in [-0.15, -0.1) is 0 Å². The zero-order valence-electron chi connectivity index (χ0n) is 23.8. The van der Waals surface area contributed by atoms with Crippen LogP contribution >= 0.6 is 0 Å². The molecular weight excluding hydrogens is 514 g/mol. The van der Waals surface area contributed by atoms with Crippen molar-refractivity contribution in [2.75, 3.05) is 43.4 Å². The predicted molar refractivity (Wildman–Crippen MR) is 162 cm³/mol. The van der Waals surface area contributed by atoms with E-state index in [-0.39, 0.29) is 11.9 Å². The Hall–Kier alpha value is -4.24. The molecule has 212 valence electrons. The van der Waals surface area contributed by atoms with Gasteiger partial charge in [0.1, 0.15) is 29.5 Å². The molecule has 3 heterocycles. The molecule has 6 rings (SSSR count). The number of hydrogen-bond donors (Lipinski definition) is 2. The molecule has 1 amide bonds. The Morgan fingerprint density at radius 3 is 2.46 bits per heavy atom. The van der Waals surface area contributed by atoms with E-state index >= 15 is 0 Å². The summed E-state index contributed by atoms with van der Waals surface area (Å²) < 4.78 is 6.16. The number of fused-ring (bicyclic) bond motifs is 1. The number of carbonyl (C=O) groups is 1. The van der Waals surface area contributed by atoms with Gasteiger partial charge in [-0.25, -0.2) is 15.0 Å². The number of ether oxygens (including phenoxy) is 1. The van der Waals surface area contributed by atoms with Gasteiger partial charge < -0.3 is 25.2 Å². The van der Waals surface area contributed by atoms with Crippen LogP contribution in [0.4, 0.5) is 17.3 Å². The molecule has 2 N–H and O–H groups in total. The molecule has 9 heteroatoms. The number of anilines is 3. The molecule has 4 aromatic rings. The van der Waals surface area contributed by atoms with Crippen LogP contribution in [0.1, 0.15) is 48.0 Å². The molecule has 1 aliphatic carbocycles. The number of nitrogens with zero attached hydrogens (tertiary/aromatic N) is 5. The minimum absolute atomic E-state index is 0.0151. The standard InChI is InChI=1S/C32H37N7O2/c1-22-18-25(36-31-27-19-30(33-20-28(27)34-21-35-31)39-16-14-38(2)15-17-39)10-13-29(22)41-26-11-8-23(9-12-26)32(40)37-24-6-4-3-5-7-24/h8-13,18-21,24H,3-7,14-17H2,1-2H3,(H,37,40)(H,34,35,36). The molecule has 2 aliphatic rings. The van der Waals surface area contributed by atoms with Crippen LogP contribution in [-0.2, 0) is 0 Å². The summed E-state index contributed by atoms with van der Waals surface area (Å²) in [6.45, 7) is 5.94. The number of piperazine rings is 1. The normalized spacial score (nSPS) is 16.5. The maximum Gasteiger partial charge on any atom is 0.251 e. The summed E-state index contributed by atoms with van der Waals surface area (Å²) in [5, 5.41) is 7.56. The molecule has 0 spiro atoms. The topological polar surface area (TPSA) is 95.5 Å². The lowest BCUT2D eigenvalue weighted by molar-refractivity contribution is 0.0927. The molecule has 2 fully saturated rings. The van der Waals surface area contributed by atoms with Crippen molar-refractivity contribution in [2.45, 2.75) is 45.1 Å². The third-order valence-corrected chi connectivity index (χ3v) is 8.06. The van der Waals surface area contributed by atoms with Gasteiger partial charge in [0.25, 0.3) is 5.91 Å². The number of nitrogens with one attached hydrogen (secondary N) is 2. The monoisotopic (exact) mass is 551 g/mol. The number of hydrogen-bond acceptors (Lipinski definition) is 8. The number of rotatable bonds is 7. The summed E-state index contributed by atoms with van der Waals surface area (Å²) in [6.07, 6.45) is 9.17. The average Bonchev–Trinajstić information content (AvgIpc) is 3.00. The van der Waals surface area contributed by atoms with Crippen molar-refractivity contribution < 1.29 is 9.53 Å². The Labute approximate surface area is 241 Å². The second-order valence-electron chi connectivity index (χ2n) is 11.1. The van der Waals surface area contributed by atoms with Crippen LogP contribution in [0.15, 0.2) is 61.1 Å². The molecule has 41 heavy (non-hydrogen) atoms. The number of aromatic nitrogens is 3. The highest BCUT2D eigenvalue weighted by Crippen LogP contribution is 2.31. The third kappa shape index (κ3) is 6.41. The SMILES string of the molecule is Cc1cc(Nc2ncnc3cnc(N4CCN(C)CC4)cc23)ccc1Oc1ccc(C(=O)NC2CCCCC2)cc1. The van der Waals surface area contributed by atoms with Crippen molar-refractivity contribution in [2.24, 2.45) is 0 Å². The molecule has 1 saturated heterocycles. The highest BCUT2D eigenvalue weighted by atomic mass is 16.5. The van der Waals surface area contributed by atoms with Gasteiger partial charge in [0.15, 0.2) is 0 Å². The quantitative estimate of drug-likeness (QED) is 0.303. The summed E-state index contributed by atoms with van der Waals surface area (Å²) in [7, 11) is 2.15. The first-order valence-corrected chi connectivity index (χ1v) is 14.5. The van der Waals surface area contributed by atoms with E-state index < -0.39 is 0 Å². The van der Waals surface area contributed by atoms with Crippen molar-refractivity contribution in [3.05, 3.63) is 72.2 Å². The Morgan fingerprint density at radius 2 is 1.71 bits per heavy atom. The molecule has 2 aromatic carbocycles. The van der Waals surface area contributed by atoms with Gasteiger partial charge in [0.2, 0.25) is 0 Å². The van der Waals surface area contributed by atoms with Gasteiger partial charge in [0.05, 0.1) is 11.7 Å². The van der Waals surface area contributed by atoms with Crippen LogP contribution in [0.2, 0.25) is 0 Å². The first-order valence-electron chi connectivity index (χ1n) is 14.5. The van der Waals surface area contributed by atoms with E-state index in [1.807, 2.05) is 55.6 Å². The van der Waals surface area contributed by atoms with E-state index in [0.717, 1.165) is 78.6 Å². The van der Waals surface area contributed by atoms with E-state index in [1.54, 1.807) is 6.33 Å². The van der Waals surface area contributed by atoms with E-state index in [9.17, 15) is 4.79 Å². The Bertz CT molecular complexity index is 1510. The van der Waals surface area contributed by atoms with E-state index in [1.165, 1.54) is 19.3 Å². The first kappa shape index (κ1) is 27.0. The Balaban J connectivity index is 1.13. The Kier molecular flexibility index (Phi) is 7.95. The maximum atomic E-state index is 12.6. The second kappa shape index (κ2) is 12.1. The smallest absolute Gasteiger partial charge is 0.251 e. The van der Waals surface area contributed by atoms with Gasteiger partial charge in [-0.1, -0.05) is 19.3 Å². The molecule has 0 unspecified atom stereocenters. The van der Waals surface area contributed by atoms with Gasteiger partial charge >= 0.3 is 0 Å². The van der Waals surface area contributed by atoms with Crippen molar-refractivity contribution in [1.82, 2.24) is 25.2 Å². The highest BCUT2D eigenvalue weighted by molar-refractivity contribution is 5.94. The molecular formula is C32H37N7O2. The van der Waals surface area contributed by atoms with Crippen LogP contribution in [0.25, 0.3) is 10.9 Å². The second-order valence-corrected chi connectivity index (χ2v) is 11.1. The zero-order valence-corrected chi connectivity index (χ0v) is 23.8. The molecule has 0 bridgehead atoms. The minimum atomic E-state index is -0.0151. The largest absolute Gasteiger partial charge is 0.457 e. The first-order chi connectivity index (χ1) is 20.0. The van der Waals surface area contributed by atoms with Gasteiger partial charge in [-0.2, -0.15) is 0 Å². The molecule has 1 saturated carbocycles. The van der Waals surface area contributed by atoms with Crippen molar-refractivity contribution >= 4 is 34.1 Å². The summed E-state index contributed by atoms with van der Waals surface area (Å²) >= 11 is 0. The lowest BCUT2D eigenvalue weighted by Crippen LogP contribution is -2.44. The fourth-order valence-electron chi connectivity index (χ4n) is 5.55. The lowest BCUT2D eigenvalue weighted by atomic mass is 9.95. The number of pyridine rings is 1. The lowest BCUT2D eigenvalue weighted by Gasteiger charge is -2.33. The third-order valence-electron chi connectivity index (χ3n) is 8.06. The van der Waals surface area contributed by atoms with E-state index in [2.05, 4.69) is 48.5 Å². The zero-order chi connectivity index (χ0) is 28.2. The molecule has 1 aliphatic heterocycles. The summed E-state index contributed by atoms with van der Waals surface area (Å²) in [5.74, 6) is 3.11. The van der Waals surface area contributed by atoms with Crippen LogP contribution in [0.3, 0.4) is 0 Å². The Morgan fingerprint density at radius 1 is 0.927 bits per heavy atom. The molecule has 0 radical (unpaired) electrons. The predicted octanol–water partition coefficient (Wildman–Crippen LogP) is 5.68. The van der Waals surface area contributed by atoms with E-state index in [0.29, 0.717) is 11.3 Å². The summed E-state index contributed by atoms with van der Waals surface area (Å²) in [5.41, 5.74) is 3.34. The number of benzene rings is 2. The van der Waals surface area contributed by atoms with Gasteiger partial charge in [-0.3, -0.25) is 4.79 Å². The van der Waals surface area contributed by atoms with Crippen LogP contribution in [0, 0.1) is 6.92 Å². The van der Waals surface area contributed by atoms with Crippen molar-refractivity contribution in [3.8, 4) is 11.5 Å². The number of likely N-dealkylation sites (N-methyl/N-ethyl adjacent to an activating group) is 1. The maximum absolute atomic E-state index is 12.6. The van der Waals surface area contributed by atoms with Crippen LogP contribution in [0.5, 0.6) is 11.5 Å². The van der Waals surface area contributed by atoms with Crippen molar-refractivity contribution in [3.63, 3.8) is 0 Å². The average molecular weight is 552 g/mol.